The van der Waals surface area contributed by atoms with Gasteiger partial charge in [0.2, 0.25) is 0 Å². The van der Waals surface area contributed by atoms with Crippen LogP contribution in [-0.4, -0.2) is 19.4 Å². The number of hydrogen-bond donors (Lipinski definition) is 0. The van der Waals surface area contributed by atoms with E-state index in [1.807, 2.05) is 13.8 Å². The lowest BCUT2D eigenvalue weighted by atomic mass is 10.4. The number of ether oxygens (including phenoxy) is 1. The minimum absolute atomic E-state index is 0.238. The molecule has 0 aromatic rings. The van der Waals surface area contributed by atoms with Gasteiger partial charge in [0, 0.05) is 6.61 Å². The fourth-order valence-electron chi connectivity index (χ4n) is 0.374. The van der Waals surface area contributed by atoms with E-state index in [2.05, 4.69) is 0 Å². The van der Waals surface area contributed by atoms with Gasteiger partial charge >= 0.3 is 0 Å². The molecule has 0 rings (SSSR count). The van der Waals surface area contributed by atoms with Crippen molar-refractivity contribution in [1.29, 1.82) is 0 Å². The standard InChI is InChI=1S/C6H13FO/c1-6(2)8-5-3-4-7/h6H,3-5H2,1-2H3/i7-1. The molecule has 0 aromatic carbocycles. The van der Waals surface area contributed by atoms with Gasteiger partial charge in [0.05, 0.1) is 12.8 Å². The summed E-state index contributed by atoms with van der Waals surface area (Å²) in [6.07, 6.45) is 0.764. The molecule has 0 unspecified atom stereocenters. The van der Waals surface area contributed by atoms with Crippen LogP contribution in [-0.2, 0) is 4.74 Å². The maximum Gasteiger partial charge on any atom is 0.0916 e. The lowest BCUT2D eigenvalue weighted by Gasteiger charge is -2.03. The van der Waals surface area contributed by atoms with Gasteiger partial charge in [-0.05, 0) is 20.3 Å². The van der Waals surface area contributed by atoms with Crippen molar-refractivity contribution in [2.24, 2.45) is 0 Å². The quantitative estimate of drug-likeness (QED) is 0.512. The molecule has 2 heteroatoms. The van der Waals surface area contributed by atoms with E-state index in [-0.39, 0.29) is 12.8 Å². The van der Waals surface area contributed by atoms with Gasteiger partial charge in [-0.25, -0.2) is 0 Å². The van der Waals surface area contributed by atoms with E-state index in [1.54, 1.807) is 0 Å². The van der Waals surface area contributed by atoms with Gasteiger partial charge in [0.15, 0.2) is 0 Å². The molecular weight excluding hydrogens is 106 g/mol. The van der Waals surface area contributed by atoms with Crippen molar-refractivity contribution < 1.29 is 9.13 Å². The lowest BCUT2D eigenvalue weighted by Crippen LogP contribution is -2.03. The second kappa shape index (κ2) is 5.04. The summed E-state index contributed by atoms with van der Waals surface area (Å²) >= 11 is 0. The fourth-order valence-corrected chi connectivity index (χ4v) is 0.374. The lowest BCUT2D eigenvalue weighted by molar-refractivity contribution is 0.0736. The second-order valence-corrected chi connectivity index (χ2v) is 1.96. The zero-order valence-corrected chi connectivity index (χ0v) is 5.48. The Labute approximate surface area is 49.8 Å². The van der Waals surface area contributed by atoms with Crippen LogP contribution in [0.4, 0.5) is 4.39 Å². The van der Waals surface area contributed by atoms with Crippen molar-refractivity contribution in [2.75, 3.05) is 13.3 Å². The Hall–Kier alpha value is -0.110. The summed E-state index contributed by atoms with van der Waals surface area (Å²) in [5.74, 6) is 0. The molecule has 0 fully saturated rings. The minimum atomic E-state index is -0.271. The van der Waals surface area contributed by atoms with Crippen molar-refractivity contribution in [3.05, 3.63) is 0 Å². The van der Waals surface area contributed by atoms with Gasteiger partial charge in [-0.15, -0.1) is 0 Å². The highest BCUT2D eigenvalue weighted by Crippen LogP contribution is 1.89. The molecule has 0 heterocycles. The highest BCUT2D eigenvalue weighted by Gasteiger charge is 1.90. The third-order valence-electron chi connectivity index (χ3n) is 0.729. The normalized spacial score (nSPS) is 10.5. The Balaban J connectivity index is 2.72. The van der Waals surface area contributed by atoms with Crippen LogP contribution in [0.25, 0.3) is 0 Å². The Morgan fingerprint density at radius 1 is 1.50 bits per heavy atom. The summed E-state index contributed by atoms with van der Waals surface area (Å²) in [5.41, 5.74) is 0. The van der Waals surface area contributed by atoms with Crippen LogP contribution in [0.2, 0.25) is 0 Å². The van der Waals surface area contributed by atoms with Gasteiger partial charge in [-0.1, -0.05) is 0 Å². The molecular formula is C6H13FO. The van der Waals surface area contributed by atoms with Crippen molar-refractivity contribution in [3.8, 4) is 0 Å². The SMILES string of the molecule is CC(C)OCCC[18F]. The van der Waals surface area contributed by atoms with Crippen molar-refractivity contribution >= 4 is 0 Å². The predicted molar refractivity (Wildman–Crippen MR) is 31.7 cm³/mol. The predicted octanol–water partition coefficient (Wildman–Crippen LogP) is 1.77. The Bertz CT molecular complexity index is 45.8. The van der Waals surface area contributed by atoms with Crippen LogP contribution in [0, 0.1) is 0 Å². The van der Waals surface area contributed by atoms with Crippen molar-refractivity contribution in [3.63, 3.8) is 0 Å². The molecule has 8 heavy (non-hydrogen) atoms. The highest BCUT2D eigenvalue weighted by atomic mass is 18.2. The van der Waals surface area contributed by atoms with Crippen LogP contribution in [0.5, 0.6) is 0 Å². The average Bonchev–Trinajstić information content (AvgIpc) is 1.66. The molecule has 0 radical (unpaired) electrons. The van der Waals surface area contributed by atoms with Crippen LogP contribution in [0.3, 0.4) is 0 Å². The smallest absolute Gasteiger partial charge is 0.0916 e. The molecule has 0 aliphatic rings. The van der Waals surface area contributed by atoms with Crippen LogP contribution < -0.4 is 0 Å². The number of halogens is 1. The first-order chi connectivity index (χ1) is 3.77. The summed E-state index contributed by atoms with van der Waals surface area (Å²) in [7, 11) is 0. The van der Waals surface area contributed by atoms with Crippen molar-refractivity contribution in [2.45, 2.75) is 26.4 Å². The summed E-state index contributed by atoms with van der Waals surface area (Å²) in [5, 5.41) is 0. The van der Waals surface area contributed by atoms with E-state index < -0.39 is 0 Å². The molecule has 0 saturated heterocycles. The molecule has 0 saturated carbocycles. The molecule has 0 aliphatic heterocycles. The van der Waals surface area contributed by atoms with Gasteiger partial charge in [0.1, 0.15) is 0 Å². The molecule has 0 spiro atoms. The monoisotopic (exact) mass is 119 g/mol. The molecule has 0 amide bonds. The van der Waals surface area contributed by atoms with Gasteiger partial charge in [0.25, 0.3) is 0 Å². The largest absolute Gasteiger partial charge is 0.379 e. The van der Waals surface area contributed by atoms with Gasteiger partial charge in [-0.3, -0.25) is 4.39 Å². The first kappa shape index (κ1) is 7.89. The molecule has 1 nitrogen and oxygen atoms in total. The van der Waals surface area contributed by atoms with E-state index in [4.69, 9.17) is 4.74 Å². The number of alkyl halides is 1. The summed E-state index contributed by atoms with van der Waals surface area (Å²) < 4.78 is 16.4. The summed E-state index contributed by atoms with van der Waals surface area (Å²) in [6.45, 7) is 4.16. The fraction of sp³-hybridized carbons (Fsp3) is 1.00. The summed E-state index contributed by atoms with van der Waals surface area (Å²) in [4.78, 5) is 0. The topological polar surface area (TPSA) is 9.23 Å². The zero-order chi connectivity index (χ0) is 6.41. The maximum absolute atomic E-state index is 11.4. The van der Waals surface area contributed by atoms with Crippen LogP contribution >= 0.6 is 0 Å². The van der Waals surface area contributed by atoms with E-state index in [0.29, 0.717) is 13.0 Å². The Kier molecular flexibility index (Phi) is 4.97. The van der Waals surface area contributed by atoms with E-state index in [9.17, 15) is 4.39 Å². The first-order valence-corrected chi connectivity index (χ1v) is 2.95. The van der Waals surface area contributed by atoms with Crippen LogP contribution in [0.15, 0.2) is 0 Å². The van der Waals surface area contributed by atoms with Gasteiger partial charge < -0.3 is 4.74 Å². The molecule has 0 atom stereocenters. The maximum atomic E-state index is 11.4. The minimum Gasteiger partial charge on any atom is -0.379 e. The Morgan fingerprint density at radius 3 is 2.50 bits per heavy atom. The van der Waals surface area contributed by atoms with Crippen molar-refractivity contribution in [1.82, 2.24) is 0 Å². The molecule has 50 valence electrons. The first-order valence-electron chi connectivity index (χ1n) is 2.95. The van der Waals surface area contributed by atoms with E-state index in [1.165, 1.54) is 0 Å². The molecule has 0 aliphatic carbocycles. The van der Waals surface area contributed by atoms with Crippen LogP contribution in [0.1, 0.15) is 20.3 Å². The summed E-state index contributed by atoms with van der Waals surface area (Å²) in [6, 6.07) is 0. The number of hydrogen-bond acceptors (Lipinski definition) is 1. The number of rotatable bonds is 4. The highest BCUT2D eigenvalue weighted by molar-refractivity contribution is 4.36. The van der Waals surface area contributed by atoms with E-state index >= 15 is 0 Å². The molecule has 0 N–H and O–H groups in total. The average molecular weight is 119 g/mol. The third kappa shape index (κ3) is 5.89. The Morgan fingerprint density at radius 2 is 2.12 bits per heavy atom. The second-order valence-electron chi connectivity index (χ2n) is 1.96. The molecule has 0 aromatic heterocycles. The molecule has 0 bridgehead atoms. The zero-order valence-electron chi connectivity index (χ0n) is 5.48. The van der Waals surface area contributed by atoms with Gasteiger partial charge in [-0.2, -0.15) is 0 Å². The van der Waals surface area contributed by atoms with E-state index in [0.717, 1.165) is 0 Å². The third-order valence-corrected chi connectivity index (χ3v) is 0.729.